The van der Waals surface area contributed by atoms with Crippen LogP contribution in [0.4, 0.5) is 10.1 Å². The van der Waals surface area contributed by atoms with Crippen LogP contribution in [0.3, 0.4) is 0 Å². The number of ether oxygens (including phenoxy) is 1. The summed E-state index contributed by atoms with van der Waals surface area (Å²) in [5, 5.41) is 11.6. The van der Waals surface area contributed by atoms with E-state index in [4.69, 9.17) is 16.3 Å². The van der Waals surface area contributed by atoms with E-state index in [2.05, 4.69) is 25.8 Å². The normalized spacial score (nSPS) is 19.0. The number of rotatable bonds is 2. The summed E-state index contributed by atoms with van der Waals surface area (Å²) in [6.45, 7) is 7.41. The quantitative estimate of drug-likeness (QED) is 0.386. The van der Waals surface area contributed by atoms with Gasteiger partial charge in [0.15, 0.2) is 0 Å². The third kappa shape index (κ3) is 3.97. The number of thiazole rings is 1. The Morgan fingerprint density at radius 2 is 2.03 bits per heavy atom. The zero-order valence-electron chi connectivity index (χ0n) is 17.6. The lowest BCUT2D eigenvalue weighted by atomic mass is 9.99. The molecule has 2 aliphatic heterocycles. The monoisotopic (exact) mass is 524 g/mol. The molecule has 1 N–H and O–H groups in total. The smallest absolute Gasteiger partial charge is 0.210 e. The predicted octanol–water partition coefficient (Wildman–Crippen LogP) is 7.15. The summed E-state index contributed by atoms with van der Waals surface area (Å²) in [6, 6.07) is 8.78. The van der Waals surface area contributed by atoms with Gasteiger partial charge in [0, 0.05) is 21.4 Å². The van der Waals surface area contributed by atoms with E-state index in [-0.39, 0.29) is 11.9 Å². The molecule has 31 heavy (non-hydrogen) atoms. The summed E-state index contributed by atoms with van der Waals surface area (Å²) in [5.41, 5.74) is 1.53. The predicted molar refractivity (Wildman–Crippen MR) is 127 cm³/mol. The van der Waals surface area contributed by atoms with Gasteiger partial charge in [-0.3, -0.25) is 0 Å². The number of nitrogens with zero attached hydrogens (tertiary/aromatic N) is 2. The molecule has 3 aromatic rings. The van der Waals surface area contributed by atoms with E-state index in [1.165, 1.54) is 17.4 Å². The number of benzene rings is 2. The summed E-state index contributed by atoms with van der Waals surface area (Å²) < 4.78 is 21.9. The minimum Gasteiger partial charge on any atom is -0.465 e. The number of halogens is 3. The van der Waals surface area contributed by atoms with Gasteiger partial charge in [0.1, 0.15) is 22.2 Å². The van der Waals surface area contributed by atoms with E-state index >= 15 is 0 Å². The lowest BCUT2D eigenvalue weighted by Crippen LogP contribution is -2.37. The first-order valence-electron chi connectivity index (χ1n) is 10.1. The maximum Gasteiger partial charge on any atom is 0.210 e. The fourth-order valence-corrected chi connectivity index (χ4v) is 5.56. The highest BCUT2D eigenvalue weighted by molar-refractivity contribution is 9.10. The largest absolute Gasteiger partial charge is 0.465 e. The van der Waals surface area contributed by atoms with Crippen molar-refractivity contribution in [3.63, 3.8) is 0 Å². The van der Waals surface area contributed by atoms with Crippen molar-refractivity contribution in [3.05, 3.63) is 72.9 Å². The van der Waals surface area contributed by atoms with Gasteiger partial charge in [0.25, 0.3) is 0 Å². The van der Waals surface area contributed by atoms with Gasteiger partial charge in [-0.25, -0.2) is 9.37 Å². The van der Waals surface area contributed by atoms with Gasteiger partial charge in [-0.1, -0.05) is 41.4 Å². The van der Waals surface area contributed by atoms with Crippen molar-refractivity contribution in [2.45, 2.75) is 52.0 Å². The maximum atomic E-state index is 15.0. The number of aliphatic hydroxyl groups is 1. The lowest BCUT2D eigenvalue weighted by Gasteiger charge is -2.40. The van der Waals surface area contributed by atoms with E-state index in [9.17, 15) is 9.50 Å². The molecule has 1 aromatic heterocycles. The number of fused-ring (bicyclic) bond motifs is 5. The Morgan fingerprint density at radius 3 is 2.71 bits per heavy atom. The molecular weight excluding hydrogens is 503 g/mol. The third-order valence-corrected chi connectivity index (χ3v) is 7.27. The van der Waals surface area contributed by atoms with E-state index in [1.807, 2.05) is 32.0 Å². The molecule has 0 aliphatic carbocycles. The maximum absolute atomic E-state index is 15.0. The first-order valence-corrected chi connectivity index (χ1v) is 12.1. The molecule has 164 valence electrons. The van der Waals surface area contributed by atoms with Crippen LogP contribution >= 0.6 is 38.9 Å². The molecule has 2 aliphatic rings. The highest BCUT2D eigenvalue weighted by Crippen LogP contribution is 2.53. The molecule has 5 rings (SSSR count). The van der Waals surface area contributed by atoms with Gasteiger partial charge in [-0.2, -0.15) is 0 Å². The van der Waals surface area contributed by atoms with Crippen LogP contribution in [0.1, 0.15) is 61.0 Å². The van der Waals surface area contributed by atoms with Crippen LogP contribution in [0, 0.1) is 5.82 Å². The van der Waals surface area contributed by atoms with Crippen molar-refractivity contribution in [2.75, 3.05) is 4.90 Å². The Balaban J connectivity index is 0.00000112. The number of anilines is 1. The topological polar surface area (TPSA) is 45.6 Å². The molecule has 4 nitrogen and oxygen atoms in total. The molecule has 2 atom stereocenters. The zero-order valence-corrected chi connectivity index (χ0v) is 20.8. The molecule has 0 saturated heterocycles. The summed E-state index contributed by atoms with van der Waals surface area (Å²) in [7, 11) is 0. The second-order valence-corrected chi connectivity index (χ2v) is 10.2. The van der Waals surface area contributed by atoms with E-state index in [0.29, 0.717) is 32.2 Å². The van der Waals surface area contributed by atoms with Crippen molar-refractivity contribution in [1.82, 2.24) is 4.98 Å². The minimum atomic E-state index is -1.04. The van der Waals surface area contributed by atoms with Crippen LogP contribution in [0.5, 0.6) is 5.75 Å². The van der Waals surface area contributed by atoms with Gasteiger partial charge in [0.05, 0.1) is 16.5 Å². The first kappa shape index (κ1) is 22.5. The Bertz CT molecular complexity index is 1130. The van der Waals surface area contributed by atoms with E-state index in [0.717, 1.165) is 16.1 Å². The van der Waals surface area contributed by atoms with Gasteiger partial charge < -0.3 is 14.7 Å². The molecular formula is C23H23BrClFN2O2S. The number of aromatic nitrogens is 1. The van der Waals surface area contributed by atoms with Crippen LogP contribution in [-0.2, 0) is 12.0 Å². The van der Waals surface area contributed by atoms with Crippen LogP contribution in [-0.4, -0.2) is 10.1 Å². The SMILES string of the molecule is CC.CC(C)(O)c1ncc(C2Oc3cc(Br)cc(F)c3C3Cc4cc(Cl)ccc4N32)s1. The molecule has 0 amide bonds. The molecule has 3 heterocycles. The summed E-state index contributed by atoms with van der Waals surface area (Å²) in [4.78, 5) is 7.33. The van der Waals surface area contributed by atoms with Crippen LogP contribution < -0.4 is 9.64 Å². The van der Waals surface area contributed by atoms with Crippen molar-refractivity contribution in [3.8, 4) is 5.75 Å². The van der Waals surface area contributed by atoms with Crippen molar-refractivity contribution < 1.29 is 14.2 Å². The molecule has 8 heteroatoms. The third-order valence-electron chi connectivity index (χ3n) is 5.24. The number of hydrogen-bond donors (Lipinski definition) is 1. The number of hydrogen-bond acceptors (Lipinski definition) is 5. The van der Waals surface area contributed by atoms with E-state index in [1.54, 1.807) is 26.1 Å². The molecule has 0 saturated carbocycles. The van der Waals surface area contributed by atoms with Crippen molar-refractivity contribution >= 4 is 44.6 Å². The first-order chi connectivity index (χ1) is 14.7. The van der Waals surface area contributed by atoms with Crippen LogP contribution in [0.25, 0.3) is 0 Å². The van der Waals surface area contributed by atoms with Crippen LogP contribution in [0.15, 0.2) is 41.0 Å². The average molecular weight is 526 g/mol. The summed E-state index contributed by atoms with van der Waals surface area (Å²) in [6.07, 6.45) is 1.89. The fraction of sp³-hybridized carbons (Fsp3) is 0.348. The summed E-state index contributed by atoms with van der Waals surface area (Å²) in [5.74, 6) is 0.212. The van der Waals surface area contributed by atoms with Gasteiger partial charge >= 0.3 is 0 Å². The van der Waals surface area contributed by atoms with Gasteiger partial charge in [-0.15, -0.1) is 11.3 Å². The molecule has 0 spiro atoms. The standard InChI is InChI=1S/C21H17BrClFN2O2S.C2H6/c1-21(2,27)20-25-9-17(29-20)19-26-14-4-3-12(23)5-10(14)6-15(26)18-13(24)7-11(22)8-16(18)28-19;1-2/h3-5,7-9,15,19,27H,6H2,1-2H3;1-2H3. The highest BCUT2D eigenvalue weighted by Gasteiger charge is 2.44. The van der Waals surface area contributed by atoms with Gasteiger partial charge in [0.2, 0.25) is 6.23 Å². The Labute approximate surface area is 198 Å². The second-order valence-electron chi connectivity index (χ2n) is 7.80. The van der Waals surface area contributed by atoms with Crippen molar-refractivity contribution in [1.29, 1.82) is 0 Å². The molecule has 0 bridgehead atoms. The Kier molecular flexibility index (Phi) is 6.07. The molecule has 2 unspecified atom stereocenters. The Morgan fingerprint density at radius 1 is 1.29 bits per heavy atom. The van der Waals surface area contributed by atoms with Crippen LogP contribution in [0.2, 0.25) is 5.02 Å². The minimum absolute atomic E-state index is 0.210. The second kappa shape index (κ2) is 8.35. The average Bonchev–Trinajstić information content (AvgIpc) is 3.33. The van der Waals surface area contributed by atoms with Gasteiger partial charge in [-0.05, 0) is 56.2 Å². The summed E-state index contributed by atoms with van der Waals surface area (Å²) >= 11 is 11.0. The zero-order chi connectivity index (χ0) is 22.5. The van der Waals surface area contributed by atoms with Crippen molar-refractivity contribution in [2.24, 2.45) is 0 Å². The molecule has 0 fully saturated rings. The fourth-order valence-electron chi connectivity index (χ4n) is 4.01. The lowest BCUT2D eigenvalue weighted by molar-refractivity contribution is 0.0783. The highest BCUT2D eigenvalue weighted by atomic mass is 79.9. The Hall–Kier alpha value is -1.67. The molecule has 0 radical (unpaired) electrons. The molecule has 2 aromatic carbocycles. The van der Waals surface area contributed by atoms with E-state index < -0.39 is 11.8 Å².